The van der Waals surface area contributed by atoms with E-state index in [-0.39, 0.29) is 11.8 Å². The zero-order valence-corrected chi connectivity index (χ0v) is 14.0. The van der Waals surface area contributed by atoms with Gasteiger partial charge in [-0.2, -0.15) is 0 Å². The summed E-state index contributed by atoms with van der Waals surface area (Å²) in [6.45, 7) is 3.37. The van der Waals surface area contributed by atoms with Gasteiger partial charge >= 0.3 is 0 Å². The number of aromatic nitrogens is 1. The largest absolute Gasteiger partial charge is 0.468 e. The van der Waals surface area contributed by atoms with Crippen LogP contribution in [0.4, 0.5) is 0 Å². The second-order valence-electron chi connectivity index (χ2n) is 6.40. The van der Waals surface area contributed by atoms with Crippen molar-refractivity contribution >= 4 is 5.91 Å². The number of carbonyl (C=O) groups excluding carboxylic acids is 1. The highest BCUT2D eigenvalue weighted by atomic mass is 16.3. The molecule has 1 fully saturated rings. The van der Waals surface area contributed by atoms with Gasteiger partial charge in [-0.25, -0.2) is 0 Å². The highest BCUT2D eigenvalue weighted by Crippen LogP contribution is 2.19. The van der Waals surface area contributed by atoms with E-state index >= 15 is 0 Å². The van der Waals surface area contributed by atoms with E-state index in [1.54, 1.807) is 6.26 Å². The highest BCUT2D eigenvalue weighted by molar-refractivity contribution is 5.78. The lowest BCUT2D eigenvalue weighted by atomic mass is 9.97. The van der Waals surface area contributed by atoms with Gasteiger partial charge in [0.05, 0.1) is 18.7 Å². The van der Waals surface area contributed by atoms with E-state index in [1.165, 1.54) is 5.56 Å². The van der Waals surface area contributed by atoms with E-state index in [4.69, 9.17) is 4.42 Å². The molecule has 1 N–H and O–H groups in total. The number of carbonyl (C=O) groups is 1. The van der Waals surface area contributed by atoms with E-state index in [1.807, 2.05) is 36.7 Å². The van der Waals surface area contributed by atoms with Gasteiger partial charge in [-0.05, 0) is 62.1 Å². The van der Waals surface area contributed by atoms with Gasteiger partial charge in [0.1, 0.15) is 5.76 Å². The molecule has 1 aliphatic heterocycles. The van der Waals surface area contributed by atoms with Crippen LogP contribution < -0.4 is 5.32 Å². The normalized spacial score (nSPS) is 18.4. The van der Waals surface area contributed by atoms with Gasteiger partial charge in [-0.3, -0.25) is 14.7 Å². The lowest BCUT2D eigenvalue weighted by Crippen LogP contribution is -2.42. The van der Waals surface area contributed by atoms with Gasteiger partial charge in [-0.15, -0.1) is 0 Å². The number of nitrogens with one attached hydrogen (secondary N) is 1. The Balaban J connectivity index is 1.38. The van der Waals surface area contributed by atoms with Crippen LogP contribution in [0.2, 0.25) is 0 Å². The van der Waals surface area contributed by atoms with Crippen LogP contribution in [0.3, 0.4) is 0 Å². The quantitative estimate of drug-likeness (QED) is 0.794. The third-order valence-electron chi connectivity index (χ3n) is 4.53. The Morgan fingerprint density at radius 1 is 1.33 bits per heavy atom. The molecule has 1 amide bonds. The number of hydrogen-bond donors (Lipinski definition) is 1. The number of nitrogens with zero attached hydrogens (tertiary/aromatic N) is 2. The molecule has 2 aromatic rings. The zero-order chi connectivity index (χ0) is 16.6. The van der Waals surface area contributed by atoms with Crippen LogP contribution in [0.15, 0.2) is 47.3 Å². The van der Waals surface area contributed by atoms with Crippen molar-refractivity contribution in [3.63, 3.8) is 0 Å². The average molecular weight is 327 g/mol. The van der Waals surface area contributed by atoms with Gasteiger partial charge in [0.25, 0.3) is 0 Å². The lowest BCUT2D eigenvalue weighted by Gasteiger charge is -2.31. The molecule has 0 saturated carbocycles. The summed E-state index contributed by atoms with van der Waals surface area (Å²) in [7, 11) is 0. The number of furan rings is 1. The fraction of sp³-hybridized carbons (Fsp3) is 0.474. The Bertz CT molecular complexity index is 613. The third-order valence-corrected chi connectivity index (χ3v) is 4.53. The van der Waals surface area contributed by atoms with Crippen LogP contribution in [0.5, 0.6) is 0 Å². The Kier molecular flexibility index (Phi) is 6.01. The lowest BCUT2D eigenvalue weighted by molar-refractivity contribution is -0.126. The first kappa shape index (κ1) is 16.7. The maximum Gasteiger partial charge on any atom is 0.224 e. The molecule has 1 aliphatic rings. The minimum Gasteiger partial charge on any atom is -0.468 e. The minimum absolute atomic E-state index is 0.0923. The van der Waals surface area contributed by atoms with Crippen LogP contribution in [0.1, 0.15) is 30.6 Å². The van der Waals surface area contributed by atoms with E-state index in [2.05, 4.69) is 15.2 Å². The van der Waals surface area contributed by atoms with E-state index in [0.717, 1.165) is 57.6 Å². The first-order valence-corrected chi connectivity index (χ1v) is 8.72. The monoisotopic (exact) mass is 327 g/mol. The first-order chi connectivity index (χ1) is 11.8. The molecule has 24 heavy (non-hydrogen) atoms. The van der Waals surface area contributed by atoms with Crippen LogP contribution in [-0.4, -0.2) is 35.4 Å². The number of rotatable bonds is 7. The van der Waals surface area contributed by atoms with Gasteiger partial charge < -0.3 is 9.73 Å². The van der Waals surface area contributed by atoms with Crippen molar-refractivity contribution in [1.82, 2.24) is 15.2 Å². The molecule has 0 radical (unpaired) electrons. The van der Waals surface area contributed by atoms with Gasteiger partial charge in [0, 0.05) is 25.5 Å². The standard InChI is InChI=1S/C19H25N3O2/c23-19(21-9-1-4-16-7-10-20-11-8-16)17-5-2-12-22(14-17)15-18-6-3-13-24-18/h3,6-8,10-11,13,17H,1-2,4-5,9,12,14-15H2,(H,21,23)/t17-/m1/s1. The molecule has 3 heterocycles. The molecular weight excluding hydrogens is 302 g/mol. The molecule has 5 nitrogen and oxygen atoms in total. The van der Waals surface area contributed by atoms with Crippen molar-refractivity contribution in [3.8, 4) is 0 Å². The van der Waals surface area contributed by atoms with Crippen LogP contribution >= 0.6 is 0 Å². The van der Waals surface area contributed by atoms with E-state index in [9.17, 15) is 4.79 Å². The molecule has 0 aromatic carbocycles. The average Bonchev–Trinajstić information content (AvgIpc) is 3.13. The molecule has 2 aromatic heterocycles. The van der Waals surface area contributed by atoms with Crippen LogP contribution in [0, 0.1) is 5.92 Å². The molecule has 5 heteroatoms. The third kappa shape index (κ3) is 4.93. The summed E-state index contributed by atoms with van der Waals surface area (Å²) in [5, 5.41) is 3.10. The first-order valence-electron chi connectivity index (χ1n) is 8.72. The number of hydrogen-bond acceptors (Lipinski definition) is 4. The fourth-order valence-electron chi connectivity index (χ4n) is 3.23. The maximum absolute atomic E-state index is 12.4. The van der Waals surface area contributed by atoms with Crippen molar-refractivity contribution in [2.45, 2.75) is 32.2 Å². The minimum atomic E-state index is 0.0923. The SMILES string of the molecule is O=C(NCCCc1ccncc1)[C@@H]1CCCN(Cc2ccco2)C1. The Morgan fingerprint density at radius 3 is 3.00 bits per heavy atom. The Morgan fingerprint density at radius 2 is 2.21 bits per heavy atom. The van der Waals surface area contributed by atoms with Crippen molar-refractivity contribution in [2.24, 2.45) is 5.92 Å². The Hall–Kier alpha value is -2.14. The number of aryl methyl sites for hydroxylation is 1. The molecule has 0 aliphatic carbocycles. The Labute approximate surface area is 143 Å². The number of pyridine rings is 1. The summed E-state index contributed by atoms with van der Waals surface area (Å²) < 4.78 is 5.41. The molecule has 0 unspecified atom stereocenters. The molecule has 128 valence electrons. The summed E-state index contributed by atoms with van der Waals surface area (Å²) in [4.78, 5) is 18.7. The maximum atomic E-state index is 12.4. The summed E-state index contributed by atoms with van der Waals surface area (Å²) in [6.07, 6.45) is 9.29. The van der Waals surface area contributed by atoms with E-state index in [0.29, 0.717) is 0 Å². The predicted molar refractivity (Wildman–Crippen MR) is 92.3 cm³/mol. The predicted octanol–water partition coefficient (Wildman–Crippen LogP) is 2.64. The topological polar surface area (TPSA) is 58.4 Å². The van der Waals surface area contributed by atoms with Crippen molar-refractivity contribution in [2.75, 3.05) is 19.6 Å². The number of amides is 1. The zero-order valence-electron chi connectivity index (χ0n) is 14.0. The smallest absolute Gasteiger partial charge is 0.224 e. The van der Waals surface area contributed by atoms with Crippen molar-refractivity contribution in [1.29, 1.82) is 0 Å². The van der Waals surface area contributed by atoms with Crippen LogP contribution in [-0.2, 0) is 17.8 Å². The van der Waals surface area contributed by atoms with Gasteiger partial charge in [-0.1, -0.05) is 0 Å². The molecular formula is C19H25N3O2. The highest BCUT2D eigenvalue weighted by Gasteiger charge is 2.25. The number of likely N-dealkylation sites (tertiary alicyclic amines) is 1. The summed E-state index contributed by atoms with van der Waals surface area (Å²) in [6, 6.07) is 7.94. The van der Waals surface area contributed by atoms with Crippen molar-refractivity contribution in [3.05, 3.63) is 54.2 Å². The summed E-state index contributed by atoms with van der Waals surface area (Å²) in [5.74, 6) is 1.25. The van der Waals surface area contributed by atoms with Gasteiger partial charge in [0.15, 0.2) is 0 Å². The van der Waals surface area contributed by atoms with Crippen LogP contribution in [0.25, 0.3) is 0 Å². The second kappa shape index (κ2) is 8.64. The second-order valence-corrected chi connectivity index (χ2v) is 6.40. The summed E-state index contributed by atoms with van der Waals surface area (Å²) in [5.41, 5.74) is 1.27. The molecule has 3 rings (SSSR count). The van der Waals surface area contributed by atoms with Gasteiger partial charge in [0.2, 0.25) is 5.91 Å². The van der Waals surface area contributed by atoms with Crippen molar-refractivity contribution < 1.29 is 9.21 Å². The van der Waals surface area contributed by atoms with E-state index < -0.39 is 0 Å². The molecule has 0 spiro atoms. The molecule has 0 bridgehead atoms. The molecule has 1 saturated heterocycles. The fourth-order valence-corrected chi connectivity index (χ4v) is 3.23. The summed E-state index contributed by atoms with van der Waals surface area (Å²) >= 11 is 0. The number of piperidine rings is 1. The molecule has 1 atom stereocenters.